The van der Waals surface area contributed by atoms with Crippen molar-refractivity contribution >= 4 is 23.2 Å². The van der Waals surface area contributed by atoms with Gasteiger partial charge in [-0.2, -0.15) is 0 Å². The molecule has 94 valence electrons. The topological polar surface area (TPSA) is 88.5 Å². The van der Waals surface area contributed by atoms with E-state index in [1.807, 2.05) is 6.92 Å². The van der Waals surface area contributed by atoms with Gasteiger partial charge in [0.2, 0.25) is 0 Å². The second-order valence-corrected chi connectivity index (χ2v) is 4.64. The first-order chi connectivity index (χ1) is 8.02. The van der Waals surface area contributed by atoms with Crippen molar-refractivity contribution in [1.29, 1.82) is 0 Å². The normalized spacial score (nSPS) is 12.1. The number of carboxylic acids is 1. The predicted molar refractivity (Wildman–Crippen MR) is 62.2 cm³/mol. The van der Waals surface area contributed by atoms with Gasteiger partial charge in [0, 0.05) is 13.7 Å². The largest absolute Gasteiger partial charge is 0.481 e. The Kier molecular flexibility index (Phi) is 5.05. The number of hydrogen-bond acceptors (Lipinski definition) is 5. The van der Waals surface area contributed by atoms with E-state index >= 15 is 0 Å². The standard InChI is InChI=1S/C10H14N2O4S/c1-6-11-5-8(17-6)10(15)12-4-7(16-2)3-9(13)14/h5,7H,3-4H2,1-2H3,(H,12,15)(H,13,14). The van der Waals surface area contributed by atoms with Crippen molar-refractivity contribution in [2.45, 2.75) is 19.4 Å². The second kappa shape index (κ2) is 6.31. The van der Waals surface area contributed by atoms with Gasteiger partial charge in [-0.25, -0.2) is 4.98 Å². The zero-order valence-corrected chi connectivity index (χ0v) is 10.4. The Morgan fingerprint density at radius 3 is 2.82 bits per heavy atom. The lowest BCUT2D eigenvalue weighted by Crippen LogP contribution is -2.34. The van der Waals surface area contributed by atoms with Gasteiger partial charge < -0.3 is 15.2 Å². The minimum Gasteiger partial charge on any atom is -0.481 e. The van der Waals surface area contributed by atoms with Crippen LogP contribution in [0.25, 0.3) is 0 Å². The number of carboxylic acid groups (broad SMARTS) is 1. The van der Waals surface area contributed by atoms with E-state index < -0.39 is 12.1 Å². The summed E-state index contributed by atoms with van der Waals surface area (Å²) in [5.41, 5.74) is 0. The maximum absolute atomic E-state index is 11.6. The molecular formula is C10H14N2O4S. The summed E-state index contributed by atoms with van der Waals surface area (Å²) in [4.78, 5) is 26.6. The number of carbonyl (C=O) groups excluding carboxylic acids is 1. The molecule has 1 atom stereocenters. The van der Waals surface area contributed by atoms with Crippen LogP contribution in [0.4, 0.5) is 0 Å². The van der Waals surface area contributed by atoms with Crippen molar-refractivity contribution in [1.82, 2.24) is 10.3 Å². The van der Waals surface area contributed by atoms with Crippen LogP contribution < -0.4 is 5.32 Å². The van der Waals surface area contributed by atoms with Crippen LogP contribution >= 0.6 is 11.3 Å². The van der Waals surface area contributed by atoms with Crippen LogP contribution in [-0.2, 0) is 9.53 Å². The highest BCUT2D eigenvalue weighted by atomic mass is 32.1. The average Bonchev–Trinajstić information content (AvgIpc) is 2.70. The first kappa shape index (κ1) is 13.6. The zero-order chi connectivity index (χ0) is 12.8. The lowest BCUT2D eigenvalue weighted by Gasteiger charge is -2.13. The van der Waals surface area contributed by atoms with E-state index in [0.717, 1.165) is 5.01 Å². The summed E-state index contributed by atoms with van der Waals surface area (Å²) in [5.74, 6) is -1.22. The molecule has 0 saturated heterocycles. The molecule has 1 unspecified atom stereocenters. The number of rotatable bonds is 6. The number of aromatic nitrogens is 1. The van der Waals surface area contributed by atoms with Gasteiger partial charge in [0.05, 0.1) is 23.7 Å². The third-order valence-electron chi connectivity index (χ3n) is 2.07. The van der Waals surface area contributed by atoms with Gasteiger partial charge in [-0.3, -0.25) is 9.59 Å². The minimum absolute atomic E-state index is 0.140. The molecule has 1 heterocycles. The Labute approximate surface area is 103 Å². The van der Waals surface area contributed by atoms with E-state index in [-0.39, 0.29) is 18.9 Å². The first-order valence-corrected chi connectivity index (χ1v) is 5.79. The maximum Gasteiger partial charge on any atom is 0.306 e. The van der Waals surface area contributed by atoms with Crippen LogP contribution in [0.15, 0.2) is 6.20 Å². The molecule has 17 heavy (non-hydrogen) atoms. The molecule has 0 radical (unpaired) electrons. The molecule has 1 amide bonds. The van der Waals surface area contributed by atoms with E-state index in [2.05, 4.69) is 10.3 Å². The van der Waals surface area contributed by atoms with E-state index in [0.29, 0.717) is 4.88 Å². The molecule has 1 aromatic heterocycles. The van der Waals surface area contributed by atoms with Crippen LogP contribution in [0.5, 0.6) is 0 Å². The number of amides is 1. The summed E-state index contributed by atoms with van der Waals surface area (Å²) in [5, 5.41) is 12.0. The number of methoxy groups -OCH3 is 1. The highest BCUT2D eigenvalue weighted by Crippen LogP contribution is 2.11. The van der Waals surface area contributed by atoms with Crippen molar-refractivity contribution in [2.75, 3.05) is 13.7 Å². The molecule has 0 spiro atoms. The minimum atomic E-state index is -0.959. The number of thiazole rings is 1. The Morgan fingerprint density at radius 2 is 2.35 bits per heavy atom. The van der Waals surface area contributed by atoms with Crippen LogP contribution in [0.2, 0.25) is 0 Å². The first-order valence-electron chi connectivity index (χ1n) is 4.98. The Balaban J connectivity index is 2.44. The van der Waals surface area contributed by atoms with Crippen molar-refractivity contribution in [3.63, 3.8) is 0 Å². The third kappa shape index (κ3) is 4.49. The summed E-state index contributed by atoms with van der Waals surface area (Å²) in [6, 6.07) is 0. The zero-order valence-electron chi connectivity index (χ0n) is 9.60. The van der Waals surface area contributed by atoms with Crippen molar-refractivity contribution in [3.05, 3.63) is 16.1 Å². The van der Waals surface area contributed by atoms with Crippen molar-refractivity contribution in [2.24, 2.45) is 0 Å². The van der Waals surface area contributed by atoms with Crippen LogP contribution in [0.1, 0.15) is 21.1 Å². The number of hydrogen-bond donors (Lipinski definition) is 2. The molecule has 0 aromatic carbocycles. The lowest BCUT2D eigenvalue weighted by molar-refractivity contribution is -0.139. The summed E-state index contributed by atoms with van der Waals surface area (Å²) in [7, 11) is 1.41. The highest BCUT2D eigenvalue weighted by Gasteiger charge is 2.15. The fraction of sp³-hybridized carbons (Fsp3) is 0.500. The van der Waals surface area contributed by atoms with Crippen LogP contribution in [-0.4, -0.2) is 41.7 Å². The lowest BCUT2D eigenvalue weighted by atomic mass is 10.2. The molecule has 7 heteroatoms. The number of aliphatic carboxylic acids is 1. The van der Waals surface area contributed by atoms with Gasteiger partial charge in [0.1, 0.15) is 4.88 Å². The molecule has 6 nitrogen and oxygen atoms in total. The van der Waals surface area contributed by atoms with Gasteiger partial charge in [-0.1, -0.05) is 0 Å². The summed E-state index contributed by atoms with van der Waals surface area (Å²) in [6.07, 6.45) is 0.831. The van der Waals surface area contributed by atoms with E-state index in [4.69, 9.17) is 9.84 Å². The van der Waals surface area contributed by atoms with Gasteiger partial charge in [-0.15, -0.1) is 11.3 Å². The SMILES string of the molecule is COC(CNC(=O)c1cnc(C)s1)CC(=O)O. The van der Waals surface area contributed by atoms with E-state index in [9.17, 15) is 9.59 Å². The molecule has 0 aliphatic heterocycles. The van der Waals surface area contributed by atoms with E-state index in [1.165, 1.54) is 24.6 Å². The third-order valence-corrected chi connectivity index (χ3v) is 2.98. The van der Waals surface area contributed by atoms with Crippen molar-refractivity contribution in [3.8, 4) is 0 Å². The van der Waals surface area contributed by atoms with Crippen LogP contribution in [0, 0.1) is 6.92 Å². The number of nitrogens with zero attached hydrogens (tertiary/aromatic N) is 1. The summed E-state index contributed by atoms with van der Waals surface area (Å²) >= 11 is 1.29. The number of nitrogens with one attached hydrogen (secondary N) is 1. The molecule has 0 aliphatic rings. The van der Waals surface area contributed by atoms with Gasteiger partial charge in [0.25, 0.3) is 5.91 Å². The maximum atomic E-state index is 11.6. The molecule has 0 saturated carbocycles. The number of ether oxygens (including phenoxy) is 1. The fourth-order valence-corrected chi connectivity index (χ4v) is 1.89. The van der Waals surface area contributed by atoms with E-state index in [1.54, 1.807) is 0 Å². The Morgan fingerprint density at radius 1 is 1.65 bits per heavy atom. The molecular weight excluding hydrogens is 244 g/mol. The summed E-state index contributed by atoms with van der Waals surface area (Å²) in [6.45, 7) is 1.97. The molecule has 2 N–H and O–H groups in total. The average molecular weight is 258 g/mol. The monoisotopic (exact) mass is 258 g/mol. The van der Waals surface area contributed by atoms with Crippen LogP contribution in [0.3, 0.4) is 0 Å². The van der Waals surface area contributed by atoms with Crippen molar-refractivity contribution < 1.29 is 19.4 Å². The smallest absolute Gasteiger partial charge is 0.306 e. The van der Waals surface area contributed by atoms with Gasteiger partial charge >= 0.3 is 5.97 Å². The van der Waals surface area contributed by atoms with Gasteiger partial charge in [0.15, 0.2) is 0 Å². The molecule has 0 aliphatic carbocycles. The Bertz CT molecular complexity index is 405. The molecule has 1 aromatic rings. The van der Waals surface area contributed by atoms with Gasteiger partial charge in [-0.05, 0) is 6.92 Å². The Hall–Kier alpha value is -1.47. The molecule has 0 fully saturated rings. The number of aryl methyl sites for hydroxylation is 1. The fourth-order valence-electron chi connectivity index (χ4n) is 1.19. The molecule has 0 bridgehead atoms. The predicted octanol–water partition coefficient (Wildman–Crippen LogP) is 0.671. The summed E-state index contributed by atoms with van der Waals surface area (Å²) < 4.78 is 4.94. The highest BCUT2D eigenvalue weighted by molar-refractivity contribution is 7.13. The number of carbonyl (C=O) groups is 2. The quantitative estimate of drug-likeness (QED) is 0.783. The molecule has 1 rings (SSSR count). The second-order valence-electron chi connectivity index (χ2n) is 3.41.